The van der Waals surface area contributed by atoms with Crippen LogP contribution in [0.5, 0.6) is 0 Å². The third-order valence-corrected chi connectivity index (χ3v) is 4.50. The lowest BCUT2D eigenvalue weighted by atomic mass is 9.84. The summed E-state index contributed by atoms with van der Waals surface area (Å²) < 4.78 is 0. The van der Waals surface area contributed by atoms with Crippen molar-refractivity contribution in [3.05, 3.63) is 0 Å². The van der Waals surface area contributed by atoms with Crippen LogP contribution in [0, 0.1) is 5.92 Å². The van der Waals surface area contributed by atoms with E-state index in [2.05, 4.69) is 4.90 Å². The lowest BCUT2D eigenvalue weighted by Crippen LogP contribution is -2.54. The number of nitrogens with zero attached hydrogens (tertiary/aromatic N) is 1. The highest BCUT2D eigenvalue weighted by Crippen LogP contribution is 2.28. The molecular formula is C14H27N3O. The predicted octanol–water partition coefficient (Wildman–Crippen LogP) is 1.23. The molecule has 0 radical (unpaired) electrons. The molecule has 1 heterocycles. The summed E-state index contributed by atoms with van der Waals surface area (Å²) in [6.07, 6.45) is 7.40. The fraction of sp³-hybridized carbons (Fsp3) is 0.929. The van der Waals surface area contributed by atoms with Gasteiger partial charge in [0.25, 0.3) is 0 Å². The molecule has 1 aliphatic carbocycles. The number of likely N-dealkylation sites (tertiary alicyclic amines) is 1. The second kappa shape index (κ2) is 6.02. The van der Waals surface area contributed by atoms with E-state index in [1.54, 1.807) is 0 Å². The number of piperidine rings is 1. The van der Waals surface area contributed by atoms with Crippen LogP contribution < -0.4 is 11.5 Å². The first-order chi connectivity index (χ1) is 8.59. The summed E-state index contributed by atoms with van der Waals surface area (Å²) in [5.41, 5.74) is 12.0. The molecule has 1 saturated heterocycles. The van der Waals surface area contributed by atoms with Crippen LogP contribution in [-0.4, -0.2) is 35.5 Å². The average molecular weight is 253 g/mol. The van der Waals surface area contributed by atoms with Gasteiger partial charge in [-0.15, -0.1) is 0 Å². The van der Waals surface area contributed by atoms with Crippen molar-refractivity contribution < 1.29 is 4.79 Å². The van der Waals surface area contributed by atoms with E-state index in [0.717, 1.165) is 45.1 Å². The van der Waals surface area contributed by atoms with E-state index < -0.39 is 0 Å². The first-order valence-corrected chi connectivity index (χ1v) is 7.41. The molecule has 1 amide bonds. The lowest BCUT2D eigenvalue weighted by molar-refractivity contribution is -0.141. The minimum Gasteiger partial charge on any atom is -0.338 e. The van der Waals surface area contributed by atoms with E-state index in [-0.39, 0.29) is 24.0 Å². The number of hydrogen-bond donors (Lipinski definition) is 2. The topological polar surface area (TPSA) is 72.3 Å². The molecule has 1 aliphatic heterocycles. The molecule has 2 fully saturated rings. The number of hydrogen-bond acceptors (Lipinski definition) is 3. The summed E-state index contributed by atoms with van der Waals surface area (Å²) in [4.78, 5) is 14.7. The van der Waals surface area contributed by atoms with Gasteiger partial charge in [0.15, 0.2) is 0 Å². The number of nitrogens with two attached hydrogens (primary N) is 2. The van der Waals surface area contributed by atoms with Crippen molar-refractivity contribution >= 4 is 5.91 Å². The lowest BCUT2D eigenvalue weighted by Gasteiger charge is -2.41. The van der Waals surface area contributed by atoms with Gasteiger partial charge in [-0.2, -0.15) is 0 Å². The molecule has 4 N–H and O–H groups in total. The van der Waals surface area contributed by atoms with Gasteiger partial charge >= 0.3 is 0 Å². The summed E-state index contributed by atoms with van der Waals surface area (Å²) in [7, 11) is 0. The zero-order chi connectivity index (χ0) is 13.1. The number of carbonyl (C=O) groups is 1. The maximum atomic E-state index is 12.6. The highest BCUT2D eigenvalue weighted by Gasteiger charge is 2.34. The molecule has 0 aromatic carbocycles. The highest BCUT2D eigenvalue weighted by atomic mass is 16.2. The molecule has 4 nitrogen and oxygen atoms in total. The van der Waals surface area contributed by atoms with Gasteiger partial charge in [0.05, 0.1) is 0 Å². The van der Waals surface area contributed by atoms with Gasteiger partial charge in [-0.25, -0.2) is 0 Å². The Hall–Kier alpha value is -0.610. The van der Waals surface area contributed by atoms with Gasteiger partial charge in [-0.1, -0.05) is 6.42 Å². The molecule has 104 valence electrons. The fourth-order valence-corrected chi connectivity index (χ4v) is 3.46. The second-order valence-corrected chi connectivity index (χ2v) is 6.08. The van der Waals surface area contributed by atoms with Gasteiger partial charge in [-0.05, 0) is 45.4 Å². The van der Waals surface area contributed by atoms with Crippen LogP contribution in [0.2, 0.25) is 0 Å². The van der Waals surface area contributed by atoms with Crippen molar-refractivity contribution in [3.8, 4) is 0 Å². The monoisotopic (exact) mass is 253 g/mol. The summed E-state index contributed by atoms with van der Waals surface area (Å²) in [5.74, 6) is 0.459. The Balaban J connectivity index is 2.01. The summed E-state index contributed by atoms with van der Waals surface area (Å²) in [6.45, 7) is 2.90. The molecule has 0 unspecified atom stereocenters. The van der Waals surface area contributed by atoms with Gasteiger partial charge in [0, 0.05) is 30.6 Å². The standard InChI is InChI=1S/C14H27N3O/c1-10(15)13-7-2-3-8-17(13)14(18)11-5-4-6-12(16)9-11/h10-13H,2-9,15-16H2,1H3/t10-,11-,12+,13-/m0/s1. The Morgan fingerprint density at radius 3 is 2.67 bits per heavy atom. The first-order valence-electron chi connectivity index (χ1n) is 7.41. The van der Waals surface area contributed by atoms with Gasteiger partial charge in [-0.3, -0.25) is 4.79 Å². The van der Waals surface area contributed by atoms with Crippen molar-refractivity contribution in [1.82, 2.24) is 4.90 Å². The number of amides is 1. The third-order valence-electron chi connectivity index (χ3n) is 4.50. The molecule has 1 saturated carbocycles. The molecule has 4 atom stereocenters. The smallest absolute Gasteiger partial charge is 0.226 e. The second-order valence-electron chi connectivity index (χ2n) is 6.08. The maximum absolute atomic E-state index is 12.6. The SMILES string of the molecule is C[C@H](N)[C@@H]1CCCCN1C(=O)[C@H]1CCC[C@@H](N)C1. The van der Waals surface area contributed by atoms with E-state index in [1.165, 1.54) is 6.42 Å². The van der Waals surface area contributed by atoms with E-state index in [1.807, 2.05) is 6.92 Å². The molecule has 18 heavy (non-hydrogen) atoms. The zero-order valence-electron chi connectivity index (χ0n) is 11.5. The quantitative estimate of drug-likeness (QED) is 0.777. The summed E-state index contributed by atoms with van der Waals surface area (Å²) >= 11 is 0. The van der Waals surface area contributed by atoms with Crippen LogP contribution >= 0.6 is 0 Å². The third kappa shape index (κ3) is 3.04. The normalized spacial score (nSPS) is 35.3. The predicted molar refractivity (Wildman–Crippen MR) is 72.9 cm³/mol. The molecule has 0 spiro atoms. The first kappa shape index (κ1) is 13.8. The van der Waals surface area contributed by atoms with Crippen LogP contribution in [-0.2, 0) is 4.79 Å². The highest BCUT2D eigenvalue weighted by molar-refractivity contribution is 5.79. The molecular weight excluding hydrogens is 226 g/mol. The fourth-order valence-electron chi connectivity index (χ4n) is 3.46. The van der Waals surface area contributed by atoms with Crippen molar-refractivity contribution in [2.75, 3.05) is 6.54 Å². The Labute approximate surface area is 110 Å². The van der Waals surface area contributed by atoms with E-state index >= 15 is 0 Å². The van der Waals surface area contributed by atoms with E-state index in [9.17, 15) is 4.79 Å². The number of rotatable bonds is 2. The Morgan fingerprint density at radius 1 is 1.22 bits per heavy atom. The Kier molecular flexibility index (Phi) is 4.62. The van der Waals surface area contributed by atoms with Crippen molar-refractivity contribution in [1.29, 1.82) is 0 Å². The molecule has 0 aromatic rings. The van der Waals surface area contributed by atoms with Crippen molar-refractivity contribution in [2.24, 2.45) is 17.4 Å². The molecule has 2 aliphatic rings. The summed E-state index contributed by atoms with van der Waals surface area (Å²) in [6, 6.07) is 0.530. The largest absolute Gasteiger partial charge is 0.338 e. The van der Waals surface area contributed by atoms with Crippen molar-refractivity contribution in [2.45, 2.75) is 70.0 Å². The Bertz CT molecular complexity index is 293. The van der Waals surface area contributed by atoms with E-state index in [4.69, 9.17) is 11.5 Å². The summed E-state index contributed by atoms with van der Waals surface area (Å²) in [5, 5.41) is 0. The average Bonchev–Trinajstić information content (AvgIpc) is 2.38. The minimum atomic E-state index is 0.0755. The van der Waals surface area contributed by atoms with Crippen LogP contribution in [0.25, 0.3) is 0 Å². The van der Waals surface area contributed by atoms with Crippen LogP contribution in [0.4, 0.5) is 0 Å². The molecule has 0 bridgehead atoms. The van der Waals surface area contributed by atoms with Gasteiger partial charge in [0.1, 0.15) is 0 Å². The molecule has 0 aromatic heterocycles. The molecule has 4 heteroatoms. The van der Waals surface area contributed by atoms with Crippen LogP contribution in [0.1, 0.15) is 51.9 Å². The minimum absolute atomic E-state index is 0.0755. The molecule has 2 rings (SSSR count). The Morgan fingerprint density at radius 2 is 2.00 bits per heavy atom. The van der Waals surface area contributed by atoms with Crippen molar-refractivity contribution in [3.63, 3.8) is 0 Å². The maximum Gasteiger partial charge on any atom is 0.226 e. The number of carbonyl (C=O) groups excluding carboxylic acids is 1. The van der Waals surface area contributed by atoms with Gasteiger partial charge in [0.2, 0.25) is 5.91 Å². The zero-order valence-corrected chi connectivity index (χ0v) is 11.5. The van der Waals surface area contributed by atoms with Crippen LogP contribution in [0.15, 0.2) is 0 Å². The van der Waals surface area contributed by atoms with Gasteiger partial charge < -0.3 is 16.4 Å². The van der Waals surface area contributed by atoms with Crippen LogP contribution in [0.3, 0.4) is 0 Å². The van der Waals surface area contributed by atoms with E-state index in [0.29, 0.717) is 5.91 Å².